The Labute approximate surface area is 120 Å². The molecule has 0 saturated carbocycles. The van der Waals surface area contributed by atoms with E-state index in [1.165, 1.54) is 7.11 Å². The monoisotopic (exact) mass is 290 g/mol. The molecule has 2 unspecified atom stereocenters. The number of nitrogens with one attached hydrogen (secondary N) is 1. The Morgan fingerprint density at radius 1 is 1.45 bits per heavy atom. The zero-order valence-corrected chi connectivity index (χ0v) is 11.7. The summed E-state index contributed by atoms with van der Waals surface area (Å²) in [6.07, 6.45) is -0.0198. The second-order valence-corrected chi connectivity index (χ2v) is 5.44. The largest absolute Gasteiger partial charge is 0.480 e. The minimum Gasteiger partial charge on any atom is -0.480 e. The van der Waals surface area contributed by atoms with Crippen LogP contribution in [0, 0.1) is 0 Å². The molecule has 0 saturated heterocycles. The predicted molar refractivity (Wildman–Crippen MR) is 74.9 cm³/mol. The number of carbonyl (C=O) groups is 1. The number of aliphatic hydroxyl groups excluding tert-OH is 1. The summed E-state index contributed by atoms with van der Waals surface area (Å²) in [6, 6.07) is 9.07. The first-order valence-electron chi connectivity index (χ1n) is 6.27. The zero-order valence-electron chi connectivity index (χ0n) is 10.9. The number of hydrogen-bond acceptors (Lipinski definition) is 5. The van der Waals surface area contributed by atoms with Crippen LogP contribution in [-0.2, 0) is 0 Å². The molecule has 0 aliphatic heterocycles. The molecule has 1 aliphatic carbocycles. The molecular formula is C14H14N2O3S. The normalized spacial score (nSPS) is 20.5. The molecule has 1 aromatic carbocycles. The molecule has 0 radical (unpaired) electrons. The van der Waals surface area contributed by atoms with Crippen molar-refractivity contribution in [2.75, 3.05) is 7.11 Å². The second-order valence-electron chi connectivity index (χ2n) is 4.64. The second kappa shape index (κ2) is 5.22. The van der Waals surface area contributed by atoms with E-state index >= 15 is 0 Å². The lowest BCUT2D eigenvalue weighted by Gasteiger charge is -2.12. The third-order valence-corrected chi connectivity index (χ3v) is 4.19. The van der Waals surface area contributed by atoms with Gasteiger partial charge in [0, 0.05) is 12.5 Å². The minimum absolute atomic E-state index is 0.165. The van der Waals surface area contributed by atoms with Crippen LogP contribution in [0.1, 0.15) is 39.4 Å². The van der Waals surface area contributed by atoms with Crippen LogP contribution in [-0.4, -0.2) is 22.5 Å². The third-order valence-electron chi connectivity index (χ3n) is 3.42. The van der Waals surface area contributed by atoms with Crippen molar-refractivity contribution >= 4 is 17.4 Å². The van der Waals surface area contributed by atoms with E-state index in [1.807, 2.05) is 24.3 Å². The van der Waals surface area contributed by atoms with Crippen molar-refractivity contribution in [1.82, 2.24) is 9.69 Å². The van der Waals surface area contributed by atoms with E-state index in [0.717, 1.165) is 22.7 Å². The van der Waals surface area contributed by atoms with Gasteiger partial charge in [0.2, 0.25) is 5.88 Å². The fraction of sp³-hybridized carbons (Fsp3) is 0.286. The third kappa shape index (κ3) is 2.28. The number of ether oxygens (including phenoxy) is 1. The van der Waals surface area contributed by atoms with Gasteiger partial charge in [-0.25, -0.2) is 0 Å². The maximum absolute atomic E-state index is 12.2. The van der Waals surface area contributed by atoms with Gasteiger partial charge in [0.15, 0.2) is 0 Å². The fourth-order valence-electron chi connectivity index (χ4n) is 2.44. The average molecular weight is 290 g/mol. The molecule has 0 fully saturated rings. The summed E-state index contributed by atoms with van der Waals surface area (Å²) in [4.78, 5) is 12.7. The summed E-state index contributed by atoms with van der Waals surface area (Å²) < 4.78 is 8.97. The van der Waals surface area contributed by atoms with Crippen molar-refractivity contribution < 1.29 is 14.6 Å². The number of aliphatic hydroxyl groups is 1. The molecule has 3 rings (SSSR count). The van der Waals surface area contributed by atoms with Gasteiger partial charge in [-0.2, -0.15) is 4.37 Å². The van der Waals surface area contributed by atoms with Crippen LogP contribution in [0.2, 0.25) is 0 Å². The smallest absolute Gasteiger partial charge is 0.263 e. The van der Waals surface area contributed by atoms with Crippen molar-refractivity contribution in [1.29, 1.82) is 0 Å². The molecule has 0 bridgehead atoms. The van der Waals surface area contributed by atoms with Gasteiger partial charge in [0.1, 0.15) is 4.88 Å². The average Bonchev–Trinajstić information content (AvgIpc) is 3.05. The lowest BCUT2D eigenvalue weighted by atomic mass is 10.1. The molecule has 2 atom stereocenters. The van der Waals surface area contributed by atoms with Crippen molar-refractivity contribution in [3.63, 3.8) is 0 Å². The Morgan fingerprint density at radius 2 is 2.20 bits per heavy atom. The van der Waals surface area contributed by atoms with E-state index in [2.05, 4.69) is 9.69 Å². The molecule has 1 amide bonds. The highest BCUT2D eigenvalue weighted by atomic mass is 32.1. The van der Waals surface area contributed by atoms with E-state index in [0.29, 0.717) is 17.2 Å². The number of fused-ring (bicyclic) bond motifs is 1. The van der Waals surface area contributed by atoms with Crippen LogP contribution in [0.3, 0.4) is 0 Å². The molecule has 2 aromatic rings. The summed E-state index contributed by atoms with van der Waals surface area (Å²) in [7, 11) is 1.51. The number of nitrogens with zero attached hydrogens (tertiary/aromatic N) is 1. The Hall–Kier alpha value is -1.92. The number of rotatable bonds is 3. The number of methoxy groups -OCH3 is 1. The Kier molecular flexibility index (Phi) is 3.42. The number of amides is 1. The van der Waals surface area contributed by atoms with Crippen LogP contribution in [0.5, 0.6) is 5.88 Å². The van der Waals surface area contributed by atoms with Gasteiger partial charge >= 0.3 is 0 Å². The maximum Gasteiger partial charge on any atom is 0.263 e. The highest BCUT2D eigenvalue weighted by molar-refractivity contribution is 7.08. The molecule has 1 aliphatic rings. The molecule has 0 spiro atoms. The summed E-state index contributed by atoms with van der Waals surface area (Å²) in [5.74, 6) is 0.242. The predicted octanol–water partition coefficient (Wildman–Crippen LogP) is 2.06. The van der Waals surface area contributed by atoms with Gasteiger partial charge in [-0.1, -0.05) is 24.3 Å². The van der Waals surface area contributed by atoms with Crippen LogP contribution >= 0.6 is 11.5 Å². The van der Waals surface area contributed by atoms with Gasteiger partial charge in [-0.15, -0.1) is 0 Å². The lowest BCUT2D eigenvalue weighted by molar-refractivity contribution is 0.0928. The molecule has 6 heteroatoms. The first kappa shape index (κ1) is 13.1. The number of aromatic nitrogens is 1. The Morgan fingerprint density at radius 3 is 2.90 bits per heavy atom. The molecule has 2 N–H and O–H groups in total. The summed E-state index contributed by atoms with van der Waals surface area (Å²) in [5, 5.41) is 12.9. The molecular weight excluding hydrogens is 276 g/mol. The van der Waals surface area contributed by atoms with Crippen molar-refractivity contribution in [3.8, 4) is 5.88 Å². The van der Waals surface area contributed by atoms with Crippen molar-refractivity contribution in [2.45, 2.75) is 18.6 Å². The van der Waals surface area contributed by atoms with Crippen LogP contribution in [0.4, 0.5) is 0 Å². The number of benzene rings is 1. The van der Waals surface area contributed by atoms with Gasteiger partial charge in [0.05, 0.1) is 19.3 Å². The van der Waals surface area contributed by atoms with E-state index < -0.39 is 6.10 Å². The van der Waals surface area contributed by atoms with Gasteiger partial charge in [0.25, 0.3) is 5.91 Å². The fourth-order valence-corrected chi connectivity index (χ4v) is 3.05. The maximum atomic E-state index is 12.2. The van der Waals surface area contributed by atoms with E-state index in [-0.39, 0.29) is 11.9 Å². The Balaban J connectivity index is 1.77. The van der Waals surface area contributed by atoms with E-state index in [4.69, 9.17) is 4.74 Å². The molecule has 5 nitrogen and oxygen atoms in total. The molecule has 1 aromatic heterocycles. The minimum atomic E-state index is -0.521. The molecule has 1 heterocycles. The van der Waals surface area contributed by atoms with Crippen LogP contribution in [0.15, 0.2) is 30.3 Å². The molecule has 20 heavy (non-hydrogen) atoms. The van der Waals surface area contributed by atoms with Crippen molar-refractivity contribution in [2.24, 2.45) is 0 Å². The first-order chi connectivity index (χ1) is 9.69. The van der Waals surface area contributed by atoms with Gasteiger partial charge in [-0.3, -0.25) is 4.79 Å². The quantitative estimate of drug-likeness (QED) is 0.907. The highest BCUT2D eigenvalue weighted by Gasteiger charge is 2.30. The summed E-state index contributed by atoms with van der Waals surface area (Å²) in [6.45, 7) is 0. The number of carbonyl (C=O) groups excluding carboxylic acids is 1. The van der Waals surface area contributed by atoms with Crippen molar-refractivity contribution in [3.05, 3.63) is 46.3 Å². The van der Waals surface area contributed by atoms with Crippen LogP contribution in [0.25, 0.3) is 0 Å². The SMILES string of the molecule is COc1cc(C(=O)NC2CC(O)c3ccccc32)sn1. The van der Waals surface area contributed by atoms with Crippen LogP contribution < -0.4 is 10.1 Å². The van der Waals surface area contributed by atoms with E-state index in [1.54, 1.807) is 6.07 Å². The highest BCUT2D eigenvalue weighted by Crippen LogP contribution is 2.38. The van der Waals surface area contributed by atoms with E-state index in [9.17, 15) is 9.90 Å². The topological polar surface area (TPSA) is 71.5 Å². The van der Waals surface area contributed by atoms with Gasteiger partial charge < -0.3 is 15.2 Å². The van der Waals surface area contributed by atoms with Gasteiger partial charge in [-0.05, 0) is 22.7 Å². The summed E-state index contributed by atoms with van der Waals surface area (Å²) >= 11 is 1.10. The first-order valence-corrected chi connectivity index (χ1v) is 7.05. The summed E-state index contributed by atoms with van der Waals surface area (Å²) in [5.41, 5.74) is 1.87. The zero-order chi connectivity index (χ0) is 14.1. The number of hydrogen-bond donors (Lipinski definition) is 2. The Bertz CT molecular complexity index is 641. The standard InChI is InChI=1S/C14H14N2O3S/c1-19-13-7-12(20-16-13)14(18)15-10-6-11(17)9-5-3-2-4-8(9)10/h2-5,7,10-11,17H,6H2,1H3,(H,15,18). The lowest BCUT2D eigenvalue weighted by Crippen LogP contribution is -2.26. The molecule has 104 valence electrons.